The number of rotatable bonds is 3. The number of benzene rings is 1. The third-order valence-electron chi connectivity index (χ3n) is 3.06. The fraction of sp³-hybridized carbons (Fsp3) is 0.500. The fourth-order valence-electron chi connectivity index (χ4n) is 2.03. The SMILES string of the molecule is Cl.O=[N+]([O-])c1cc(C(F)(F)F)ccc1OC1CCNCC1. The van der Waals surface area contributed by atoms with Crippen LogP contribution in [0.15, 0.2) is 18.2 Å². The van der Waals surface area contributed by atoms with Crippen LogP contribution < -0.4 is 10.1 Å². The number of piperidine rings is 1. The summed E-state index contributed by atoms with van der Waals surface area (Å²) in [6.07, 6.45) is -3.50. The maximum absolute atomic E-state index is 12.5. The number of hydrogen-bond acceptors (Lipinski definition) is 4. The number of hydrogen-bond donors (Lipinski definition) is 1. The second-order valence-corrected chi connectivity index (χ2v) is 4.50. The van der Waals surface area contributed by atoms with Gasteiger partial charge in [-0.15, -0.1) is 12.4 Å². The van der Waals surface area contributed by atoms with Gasteiger partial charge in [0.05, 0.1) is 10.5 Å². The van der Waals surface area contributed by atoms with Crippen LogP contribution >= 0.6 is 12.4 Å². The van der Waals surface area contributed by atoms with Crippen LogP contribution in [0.25, 0.3) is 0 Å². The molecule has 0 aliphatic carbocycles. The summed E-state index contributed by atoms with van der Waals surface area (Å²) in [6.45, 7) is 1.44. The molecule has 1 heterocycles. The van der Waals surface area contributed by atoms with Gasteiger partial charge in [0, 0.05) is 6.07 Å². The molecule has 1 fully saturated rings. The van der Waals surface area contributed by atoms with Crippen molar-refractivity contribution in [2.45, 2.75) is 25.1 Å². The van der Waals surface area contributed by atoms with E-state index >= 15 is 0 Å². The summed E-state index contributed by atoms with van der Waals surface area (Å²) in [5.74, 6) is -0.116. The summed E-state index contributed by atoms with van der Waals surface area (Å²) < 4.78 is 43.1. The highest BCUT2D eigenvalue weighted by Gasteiger charge is 2.33. The maximum atomic E-state index is 12.5. The molecular weight excluding hydrogens is 313 g/mol. The minimum atomic E-state index is -4.61. The maximum Gasteiger partial charge on any atom is 0.416 e. The summed E-state index contributed by atoms with van der Waals surface area (Å²) in [6, 6.07) is 2.32. The standard InChI is InChI=1S/C12H13F3N2O3.ClH/c13-12(14,15)8-1-2-11(10(7-8)17(18)19)20-9-3-5-16-6-4-9;/h1-2,7,9,16H,3-6H2;1H. The number of nitro groups is 1. The van der Waals surface area contributed by atoms with Gasteiger partial charge >= 0.3 is 11.9 Å². The minimum absolute atomic E-state index is 0. The van der Waals surface area contributed by atoms with Crippen molar-refractivity contribution < 1.29 is 22.8 Å². The number of nitro benzene ring substituents is 1. The lowest BCUT2D eigenvalue weighted by Gasteiger charge is -2.23. The third kappa shape index (κ3) is 4.47. The quantitative estimate of drug-likeness (QED) is 0.684. The van der Waals surface area contributed by atoms with Crippen LogP contribution in [0.1, 0.15) is 18.4 Å². The summed E-state index contributed by atoms with van der Waals surface area (Å²) in [4.78, 5) is 10.0. The molecule has 5 nitrogen and oxygen atoms in total. The van der Waals surface area contributed by atoms with Crippen LogP contribution in [0, 0.1) is 10.1 Å². The average molecular weight is 327 g/mol. The zero-order chi connectivity index (χ0) is 14.8. The molecule has 0 aromatic heterocycles. The largest absolute Gasteiger partial charge is 0.483 e. The second-order valence-electron chi connectivity index (χ2n) is 4.50. The highest BCUT2D eigenvalue weighted by Crippen LogP contribution is 2.36. The number of ether oxygens (including phenoxy) is 1. The Morgan fingerprint density at radius 1 is 1.29 bits per heavy atom. The Labute approximate surface area is 125 Å². The van der Waals surface area contributed by atoms with E-state index in [4.69, 9.17) is 4.74 Å². The molecule has 0 saturated carbocycles. The van der Waals surface area contributed by atoms with Crippen LogP contribution in [0.2, 0.25) is 0 Å². The normalized spacial score (nSPS) is 16.1. The van der Waals surface area contributed by atoms with Gasteiger partial charge in [0.25, 0.3) is 0 Å². The lowest BCUT2D eigenvalue weighted by molar-refractivity contribution is -0.386. The Balaban J connectivity index is 0.00000220. The molecule has 1 N–H and O–H groups in total. The first-order valence-corrected chi connectivity index (χ1v) is 6.11. The smallest absolute Gasteiger partial charge is 0.416 e. The average Bonchev–Trinajstić information content (AvgIpc) is 2.38. The van der Waals surface area contributed by atoms with Crippen molar-refractivity contribution in [1.82, 2.24) is 5.32 Å². The molecule has 21 heavy (non-hydrogen) atoms. The molecule has 2 rings (SSSR count). The fourth-order valence-corrected chi connectivity index (χ4v) is 2.03. The van der Waals surface area contributed by atoms with E-state index in [0.717, 1.165) is 25.2 Å². The van der Waals surface area contributed by atoms with E-state index < -0.39 is 22.4 Å². The van der Waals surface area contributed by atoms with Crippen molar-refractivity contribution in [2.75, 3.05) is 13.1 Å². The van der Waals surface area contributed by atoms with Gasteiger partial charge in [0.15, 0.2) is 5.75 Å². The van der Waals surface area contributed by atoms with Crippen LogP contribution in [0.4, 0.5) is 18.9 Å². The first-order chi connectivity index (χ1) is 9.38. The highest BCUT2D eigenvalue weighted by molar-refractivity contribution is 5.85. The molecule has 1 aliphatic heterocycles. The predicted octanol–water partition coefficient (Wildman–Crippen LogP) is 3.17. The van der Waals surface area contributed by atoms with Crippen LogP contribution in [0.3, 0.4) is 0 Å². The highest BCUT2D eigenvalue weighted by atomic mass is 35.5. The molecule has 0 bridgehead atoms. The first kappa shape index (κ1) is 17.5. The monoisotopic (exact) mass is 326 g/mol. The summed E-state index contributed by atoms with van der Waals surface area (Å²) in [5, 5.41) is 14.0. The van der Waals surface area contributed by atoms with Crippen molar-refractivity contribution in [1.29, 1.82) is 0 Å². The Morgan fingerprint density at radius 2 is 1.90 bits per heavy atom. The van der Waals surface area contributed by atoms with E-state index in [0.29, 0.717) is 18.9 Å². The van der Waals surface area contributed by atoms with Gasteiger partial charge in [-0.3, -0.25) is 10.1 Å². The third-order valence-corrected chi connectivity index (χ3v) is 3.06. The van der Waals surface area contributed by atoms with Crippen molar-refractivity contribution >= 4 is 18.1 Å². The van der Waals surface area contributed by atoms with E-state index in [-0.39, 0.29) is 24.3 Å². The first-order valence-electron chi connectivity index (χ1n) is 6.11. The number of alkyl halides is 3. The van der Waals surface area contributed by atoms with Crippen molar-refractivity contribution in [2.24, 2.45) is 0 Å². The molecule has 1 aliphatic rings. The topological polar surface area (TPSA) is 64.4 Å². The van der Waals surface area contributed by atoms with Gasteiger partial charge < -0.3 is 10.1 Å². The van der Waals surface area contributed by atoms with E-state index in [1.807, 2.05) is 0 Å². The molecule has 118 valence electrons. The van der Waals surface area contributed by atoms with Crippen molar-refractivity contribution in [3.8, 4) is 5.75 Å². The van der Waals surface area contributed by atoms with Gasteiger partial charge in [-0.25, -0.2) is 0 Å². The van der Waals surface area contributed by atoms with Crippen LogP contribution in [-0.2, 0) is 6.18 Å². The zero-order valence-electron chi connectivity index (χ0n) is 10.9. The van der Waals surface area contributed by atoms with Gasteiger partial charge in [0.1, 0.15) is 6.10 Å². The van der Waals surface area contributed by atoms with E-state index in [1.54, 1.807) is 0 Å². The van der Waals surface area contributed by atoms with Crippen molar-refractivity contribution in [3.05, 3.63) is 33.9 Å². The zero-order valence-corrected chi connectivity index (χ0v) is 11.7. The minimum Gasteiger partial charge on any atom is -0.483 e. The van der Waals surface area contributed by atoms with Gasteiger partial charge in [0.2, 0.25) is 0 Å². The van der Waals surface area contributed by atoms with E-state index in [1.165, 1.54) is 0 Å². The van der Waals surface area contributed by atoms with Crippen LogP contribution in [0.5, 0.6) is 5.75 Å². The van der Waals surface area contributed by atoms with Gasteiger partial charge in [-0.05, 0) is 38.1 Å². The summed E-state index contributed by atoms with van der Waals surface area (Å²) in [7, 11) is 0. The number of halogens is 4. The van der Waals surface area contributed by atoms with Crippen LogP contribution in [-0.4, -0.2) is 24.1 Å². The predicted molar refractivity (Wildman–Crippen MR) is 71.9 cm³/mol. The Morgan fingerprint density at radius 3 is 2.43 bits per heavy atom. The van der Waals surface area contributed by atoms with E-state index in [2.05, 4.69) is 5.32 Å². The molecule has 1 aromatic rings. The molecular formula is C12H14ClF3N2O3. The molecule has 1 saturated heterocycles. The summed E-state index contributed by atoms with van der Waals surface area (Å²) >= 11 is 0. The molecule has 0 spiro atoms. The molecule has 0 radical (unpaired) electrons. The Bertz CT molecular complexity index is 505. The lowest BCUT2D eigenvalue weighted by Crippen LogP contribution is -2.34. The molecule has 9 heteroatoms. The van der Waals surface area contributed by atoms with Crippen molar-refractivity contribution in [3.63, 3.8) is 0 Å². The molecule has 0 atom stereocenters. The lowest BCUT2D eigenvalue weighted by atomic mass is 10.1. The molecule has 0 amide bonds. The van der Waals surface area contributed by atoms with Gasteiger partial charge in [-0.2, -0.15) is 13.2 Å². The second kappa shape index (κ2) is 6.95. The Hall–Kier alpha value is -1.54. The summed E-state index contributed by atoms with van der Waals surface area (Å²) in [5.41, 5.74) is -1.71. The number of nitrogens with zero attached hydrogens (tertiary/aromatic N) is 1. The molecule has 1 aromatic carbocycles. The van der Waals surface area contributed by atoms with Gasteiger partial charge in [-0.1, -0.05) is 0 Å². The van der Waals surface area contributed by atoms with E-state index in [9.17, 15) is 23.3 Å². The molecule has 0 unspecified atom stereocenters. The Kier molecular flexibility index (Phi) is 5.79. The number of nitrogens with one attached hydrogen (secondary N) is 1.